The maximum Gasteiger partial charge on any atom is 0.0555 e. The summed E-state index contributed by atoms with van der Waals surface area (Å²) in [5.74, 6) is 0. The number of para-hydroxylation sites is 1. The minimum atomic E-state index is 1.16. The SMILES string of the molecule is c1ccc(-c2cccc(-n3c4ccc(-c5ccc6c(c5)c5ccccc5n6-c5ccc6ccccc6c5)cc4c4cc5c(cc43)sc3ccccc35)c2)cc1. The van der Waals surface area contributed by atoms with Crippen LogP contribution in [-0.2, 0) is 0 Å². The molecule has 0 fully saturated rings. The zero-order valence-electron chi connectivity index (χ0n) is 29.8. The second kappa shape index (κ2) is 11.8. The van der Waals surface area contributed by atoms with Crippen molar-refractivity contribution in [1.82, 2.24) is 9.13 Å². The van der Waals surface area contributed by atoms with Crippen LogP contribution in [0.1, 0.15) is 0 Å². The third kappa shape index (κ3) is 4.67. The van der Waals surface area contributed by atoms with Crippen LogP contribution in [0.4, 0.5) is 0 Å². The van der Waals surface area contributed by atoms with Crippen molar-refractivity contribution in [3.63, 3.8) is 0 Å². The standard InChI is InChI=1S/C52H32N2S/c1-2-11-33(12-3-1)36-15-10-16-39(27-36)54-49-26-23-38(30-44(49)45-31-46-42-18-7-9-20-51(42)55-52(46)32-50(45)54)37-22-25-48-43(29-37)41-17-6-8-19-47(41)53(48)40-24-21-34-13-4-5-14-35(34)28-40/h1-32H. The zero-order valence-corrected chi connectivity index (χ0v) is 30.6. The summed E-state index contributed by atoms with van der Waals surface area (Å²) < 4.78 is 7.51. The number of fused-ring (bicyclic) bond motifs is 10. The highest BCUT2D eigenvalue weighted by atomic mass is 32.1. The molecule has 0 radical (unpaired) electrons. The van der Waals surface area contributed by atoms with Crippen molar-refractivity contribution in [2.24, 2.45) is 0 Å². The second-order valence-electron chi connectivity index (χ2n) is 14.6. The van der Waals surface area contributed by atoms with Crippen LogP contribution < -0.4 is 0 Å². The predicted molar refractivity (Wildman–Crippen MR) is 236 cm³/mol. The fraction of sp³-hybridized carbons (Fsp3) is 0. The van der Waals surface area contributed by atoms with Crippen LogP contribution in [0.25, 0.3) is 108 Å². The topological polar surface area (TPSA) is 9.86 Å². The molecule has 256 valence electrons. The molecule has 0 spiro atoms. The normalized spacial score (nSPS) is 12.0. The molecule has 12 rings (SSSR count). The Labute approximate surface area is 321 Å². The van der Waals surface area contributed by atoms with E-state index in [1.165, 1.54) is 102 Å². The van der Waals surface area contributed by atoms with E-state index in [1.54, 1.807) is 0 Å². The van der Waals surface area contributed by atoms with Gasteiger partial charge in [0.25, 0.3) is 0 Å². The second-order valence-corrected chi connectivity index (χ2v) is 15.6. The number of benzene rings is 9. The molecule has 12 aromatic rings. The Morgan fingerprint density at radius 2 is 0.873 bits per heavy atom. The van der Waals surface area contributed by atoms with Gasteiger partial charge in [-0.05, 0) is 106 Å². The molecular formula is C52H32N2S. The molecule has 0 aliphatic heterocycles. The Kier molecular flexibility index (Phi) is 6.54. The number of rotatable bonds is 4. The molecule has 0 N–H and O–H groups in total. The maximum atomic E-state index is 2.46. The summed E-state index contributed by atoms with van der Waals surface area (Å²) in [6.07, 6.45) is 0. The lowest BCUT2D eigenvalue weighted by Crippen LogP contribution is -1.94. The molecule has 3 heterocycles. The molecule has 0 bridgehead atoms. The van der Waals surface area contributed by atoms with Crippen molar-refractivity contribution >= 4 is 85.9 Å². The number of thiophene rings is 1. The van der Waals surface area contributed by atoms with Gasteiger partial charge in [0.15, 0.2) is 0 Å². The van der Waals surface area contributed by atoms with E-state index in [4.69, 9.17) is 0 Å². The summed E-state index contributed by atoms with van der Waals surface area (Å²) in [5.41, 5.74) is 12.1. The Hall–Kier alpha value is -6.94. The molecule has 0 aliphatic carbocycles. The largest absolute Gasteiger partial charge is 0.309 e. The Bertz CT molecular complexity index is 3490. The average molecular weight is 717 g/mol. The van der Waals surface area contributed by atoms with Gasteiger partial charge in [-0.15, -0.1) is 11.3 Å². The molecule has 0 saturated heterocycles. The van der Waals surface area contributed by atoms with Crippen LogP contribution in [0, 0.1) is 0 Å². The molecule has 55 heavy (non-hydrogen) atoms. The van der Waals surface area contributed by atoms with Crippen LogP contribution in [0.15, 0.2) is 194 Å². The lowest BCUT2D eigenvalue weighted by molar-refractivity contribution is 1.18. The van der Waals surface area contributed by atoms with Crippen molar-refractivity contribution in [1.29, 1.82) is 0 Å². The molecule has 0 atom stereocenters. The summed E-state index contributed by atoms with van der Waals surface area (Å²) in [5, 5.41) is 10.2. The highest BCUT2D eigenvalue weighted by Crippen LogP contribution is 2.43. The molecule has 3 aromatic heterocycles. The minimum absolute atomic E-state index is 1.16. The van der Waals surface area contributed by atoms with Gasteiger partial charge in [0, 0.05) is 53.1 Å². The fourth-order valence-corrected chi connectivity index (χ4v) is 10.0. The van der Waals surface area contributed by atoms with Crippen molar-refractivity contribution in [3.05, 3.63) is 194 Å². The molecule has 0 amide bonds. The molecular weight excluding hydrogens is 685 g/mol. The Balaban J connectivity index is 1.08. The molecule has 2 nitrogen and oxygen atoms in total. The van der Waals surface area contributed by atoms with E-state index >= 15 is 0 Å². The Morgan fingerprint density at radius 1 is 0.273 bits per heavy atom. The number of hydrogen-bond acceptors (Lipinski definition) is 1. The monoisotopic (exact) mass is 716 g/mol. The molecule has 9 aromatic carbocycles. The predicted octanol–water partition coefficient (Wildman–Crippen LogP) is 14.7. The van der Waals surface area contributed by atoms with Crippen LogP contribution in [0.3, 0.4) is 0 Å². The van der Waals surface area contributed by atoms with E-state index in [0.29, 0.717) is 0 Å². The first kappa shape index (κ1) is 30.5. The van der Waals surface area contributed by atoms with Gasteiger partial charge >= 0.3 is 0 Å². The van der Waals surface area contributed by atoms with Crippen LogP contribution >= 0.6 is 11.3 Å². The van der Waals surface area contributed by atoms with E-state index in [0.717, 1.165) is 5.69 Å². The zero-order chi connectivity index (χ0) is 36.0. The van der Waals surface area contributed by atoms with Gasteiger partial charge in [-0.1, -0.05) is 121 Å². The van der Waals surface area contributed by atoms with Crippen LogP contribution in [0.2, 0.25) is 0 Å². The van der Waals surface area contributed by atoms with Crippen molar-refractivity contribution in [3.8, 4) is 33.6 Å². The number of hydrogen-bond donors (Lipinski definition) is 0. The summed E-state index contributed by atoms with van der Waals surface area (Å²) in [6, 6.07) is 71.5. The highest BCUT2D eigenvalue weighted by Gasteiger charge is 2.18. The lowest BCUT2D eigenvalue weighted by atomic mass is 10.00. The third-order valence-electron chi connectivity index (χ3n) is 11.5. The minimum Gasteiger partial charge on any atom is -0.309 e. The van der Waals surface area contributed by atoms with Gasteiger partial charge in [-0.3, -0.25) is 0 Å². The van der Waals surface area contributed by atoms with Gasteiger partial charge in [0.1, 0.15) is 0 Å². The van der Waals surface area contributed by atoms with Gasteiger partial charge in [0.2, 0.25) is 0 Å². The first-order valence-corrected chi connectivity index (χ1v) is 19.6. The average Bonchev–Trinajstić information content (AvgIpc) is 3.89. The summed E-state index contributed by atoms with van der Waals surface area (Å²) in [7, 11) is 0. The highest BCUT2D eigenvalue weighted by molar-refractivity contribution is 7.25. The van der Waals surface area contributed by atoms with Crippen LogP contribution in [0.5, 0.6) is 0 Å². The molecule has 0 unspecified atom stereocenters. The first-order chi connectivity index (χ1) is 27.2. The van der Waals surface area contributed by atoms with Crippen LogP contribution in [-0.4, -0.2) is 9.13 Å². The molecule has 0 saturated carbocycles. The van der Waals surface area contributed by atoms with E-state index < -0.39 is 0 Å². The van der Waals surface area contributed by atoms with Gasteiger partial charge < -0.3 is 9.13 Å². The summed E-state index contributed by atoms with van der Waals surface area (Å²) in [6.45, 7) is 0. The quantitative estimate of drug-likeness (QED) is 0.172. The first-order valence-electron chi connectivity index (χ1n) is 18.8. The molecule has 0 aliphatic rings. The smallest absolute Gasteiger partial charge is 0.0555 e. The van der Waals surface area contributed by atoms with E-state index in [2.05, 4.69) is 203 Å². The Morgan fingerprint density at radius 3 is 1.71 bits per heavy atom. The summed E-state index contributed by atoms with van der Waals surface area (Å²) >= 11 is 1.88. The summed E-state index contributed by atoms with van der Waals surface area (Å²) in [4.78, 5) is 0. The van der Waals surface area contributed by atoms with Crippen molar-refractivity contribution in [2.45, 2.75) is 0 Å². The van der Waals surface area contributed by atoms with Gasteiger partial charge in [-0.25, -0.2) is 0 Å². The van der Waals surface area contributed by atoms with Crippen molar-refractivity contribution in [2.75, 3.05) is 0 Å². The molecule has 3 heteroatoms. The van der Waals surface area contributed by atoms with E-state index in [1.807, 2.05) is 11.3 Å². The lowest BCUT2D eigenvalue weighted by Gasteiger charge is -2.11. The number of nitrogens with zero attached hydrogens (tertiary/aromatic N) is 2. The fourth-order valence-electron chi connectivity index (χ4n) is 8.90. The van der Waals surface area contributed by atoms with Crippen molar-refractivity contribution < 1.29 is 0 Å². The maximum absolute atomic E-state index is 2.46. The number of aromatic nitrogens is 2. The van der Waals surface area contributed by atoms with E-state index in [-0.39, 0.29) is 0 Å². The third-order valence-corrected chi connectivity index (χ3v) is 12.6. The van der Waals surface area contributed by atoms with Gasteiger partial charge in [0.05, 0.1) is 22.1 Å². The van der Waals surface area contributed by atoms with E-state index in [9.17, 15) is 0 Å². The van der Waals surface area contributed by atoms with Gasteiger partial charge in [-0.2, -0.15) is 0 Å².